The van der Waals surface area contributed by atoms with Crippen molar-refractivity contribution in [1.29, 1.82) is 0 Å². The summed E-state index contributed by atoms with van der Waals surface area (Å²) in [4.78, 5) is 11.3. The number of amides is 1. The molecule has 0 unspecified atom stereocenters. The van der Waals surface area contributed by atoms with E-state index in [0.717, 1.165) is 10.0 Å². The summed E-state index contributed by atoms with van der Waals surface area (Å²) in [6, 6.07) is 8.06. The molecule has 0 radical (unpaired) electrons. The minimum Gasteiger partial charge on any atom is -0.396 e. The van der Waals surface area contributed by atoms with Crippen molar-refractivity contribution in [3.8, 4) is 0 Å². The minimum absolute atomic E-state index is 0.108. The lowest BCUT2D eigenvalue weighted by Crippen LogP contribution is -2.36. The Morgan fingerprint density at radius 3 is 2.76 bits per heavy atom. The second-order valence-corrected chi connectivity index (χ2v) is 5.56. The minimum atomic E-state index is -0.130. The number of carbonyl (C=O) groups excluding carboxylic acids is 1. The molecule has 3 nitrogen and oxygen atoms in total. The van der Waals surface area contributed by atoms with Crippen LogP contribution in [0.3, 0.4) is 0 Å². The Morgan fingerprint density at radius 2 is 2.18 bits per heavy atom. The van der Waals surface area contributed by atoms with Crippen molar-refractivity contribution < 1.29 is 9.90 Å². The Hall–Kier alpha value is -0.870. The van der Waals surface area contributed by atoms with Crippen LogP contribution in [0.4, 0.5) is 0 Å². The summed E-state index contributed by atoms with van der Waals surface area (Å²) in [6.45, 7) is 4.60. The maximum atomic E-state index is 11.3. The fourth-order valence-electron chi connectivity index (χ4n) is 1.52. The second-order valence-electron chi connectivity index (χ2n) is 4.64. The van der Waals surface area contributed by atoms with Crippen LogP contribution in [0.1, 0.15) is 25.8 Å². The predicted molar refractivity (Wildman–Crippen MR) is 71.9 cm³/mol. The van der Waals surface area contributed by atoms with Gasteiger partial charge < -0.3 is 10.4 Å². The third-order valence-corrected chi connectivity index (χ3v) is 3.17. The number of hydrogen-bond donors (Lipinski definition) is 2. The van der Waals surface area contributed by atoms with Crippen molar-refractivity contribution in [2.24, 2.45) is 0 Å². The van der Waals surface area contributed by atoms with Gasteiger partial charge in [0, 0.05) is 22.9 Å². The second kappa shape index (κ2) is 6.17. The van der Waals surface area contributed by atoms with E-state index in [9.17, 15) is 4.79 Å². The van der Waals surface area contributed by atoms with E-state index in [4.69, 9.17) is 5.11 Å². The largest absolute Gasteiger partial charge is 0.396 e. The molecule has 0 aliphatic carbocycles. The van der Waals surface area contributed by atoms with E-state index < -0.39 is 0 Å². The quantitative estimate of drug-likeness (QED) is 0.876. The topological polar surface area (TPSA) is 49.3 Å². The molecule has 94 valence electrons. The molecule has 0 atom stereocenters. The first-order chi connectivity index (χ1) is 7.95. The molecule has 1 rings (SSSR count). The molecule has 0 aliphatic rings. The Labute approximate surface area is 110 Å². The first-order valence-corrected chi connectivity index (χ1v) is 6.38. The molecule has 0 spiro atoms. The molecule has 17 heavy (non-hydrogen) atoms. The van der Waals surface area contributed by atoms with Crippen LogP contribution in [-0.4, -0.2) is 24.2 Å². The molecule has 0 heterocycles. The third-order valence-electron chi connectivity index (χ3n) is 2.67. The van der Waals surface area contributed by atoms with Gasteiger partial charge in [-0.1, -0.05) is 41.9 Å². The lowest BCUT2D eigenvalue weighted by molar-refractivity contribution is -0.121. The van der Waals surface area contributed by atoms with Gasteiger partial charge in [0.2, 0.25) is 5.91 Å². The van der Waals surface area contributed by atoms with Gasteiger partial charge in [0.05, 0.1) is 6.61 Å². The van der Waals surface area contributed by atoms with Gasteiger partial charge >= 0.3 is 0 Å². The average Bonchev–Trinajstić information content (AvgIpc) is 2.27. The van der Waals surface area contributed by atoms with Crippen LogP contribution in [0, 0.1) is 0 Å². The molecule has 0 bridgehead atoms. The zero-order chi connectivity index (χ0) is 12.9. The summed E-state index contributed by atoms with van der Waals surface area (Å²) in [6.07, 6.45) is 0.161. The number of hydrogen-bond acceptors (Lipinski definition) is 2. The number of aliphatic hydroxyl groups excluding tert-OH is 1. The Morgan fingerprint density at radius 1 is 1.47 bits per heavy atom. The first-order valence-electron chi connectivity index (χ1n) is 5.59. The van der Waals surface area contributed by atoms with Gasteiger partial charge in [-0.15, -0.1) is 0 Å². The molecule has 0 aromatic heterocycles. The van der Waals surface area contributed by atoms with Crippen LogP contribution < -0.4 is 5.32 Å². The van der Waals surface area contributed by atoms with Gasteiger partial charge in [0.25, 0.3) is 0 Å². The summed E-state index contributed by atoms with van der Waals surface area (Å²) in [5.41, 5.74) is 1.03. The highest BCUT2D eigenvalue weighted by molar-refractivity contribution is 9.10. The third kappa shape index (κ3) is 4.48. The van der Waals surface area contributed by atoms with E-state index >= 15 is 0 Å². The maximum Gasteiger partial charge on any atom is 0.222 e. The van der Waals surface area contributed by atoms with Crippen molar-refractivity contribution in [1.82, 2.24) is 5.32 Å². The van der Waals surface area contributed by atoms with Gasteiger partial charge in [-0.25, -0.2) is 0 Å². The van der Waals surface area contributed by atoms with Crippen molar-refractivity contribution in [3.05, 3.63) is 34.3 Å². The number of benzene rings is 1. The molecular formula is C13H18BrNO2. The van der Waals surface area contributed by atoms with Gasteiger partial charge in [-0.05, 0) is 17.7 Å². The molecule has 0 aliphatic heterocycles. The normalized spacial score (nSPS) is 11.3. The van der Waals surface area contributed by atoms with Crippen molar-refractivity contribution in [2.45, 2.75) is 25.7 Å². The number of rotatable bonds is 5. The van der Waals surface area contributed by atoms with Crippen LogP contribution in [0.25, 0.3) is 0 Å². The molecule has 0 saturated heterocycles. The lowest BCUT2D eigenvalue weighted by Gasteiger charge is -2.25. The molecule has 1 aromatic carbocycles. The van der Waals surface area contributed by atoms with E-state index in [-0.39, 0.29) is 24.3 Å². The summed E-state index contributed by atoms with van der Waals surface area (Å²) in [5, 5.41) is 11.5. The highest BCUT2D eigenvalue weighted by Crippen LogP contribution is 2.24. The van der Waals surface area contributed by atoms with Crippen LogP contribution in [0.5, 0.6) is 0 Å². The molecular weight excluding hydrogens is 282 g/mol. The van der Waals surface area contributed by atoms with Crippen molar-refractivity contribution >= 4 is 21.8 Å². The number of carbonyl (C=O) groups is 1. The van der Waals surface area contributed by atoms with Crippen LogP contribution >= 0.6 is 15.9 Å². The number of aliphatic hydroxyl groups is 1. The summed E-state index contributed by atoms with van der Waals surface area (Å²) < 4.78 is 1.03. The number of halogens is 1. The smallest absolute Gasteiger partial charge is 0.222 e. The predicted octanol–water partition coefficient (Wildman–Crippen LogP) is 2.23. The SMILES string of the molecule is CC(C)(CNC(=O)CCO)c1cccc(Br)c1. The fraction of sp³-hybridized carbons (Fsp3) is 0.462. The van der Waals surface area contributed by atoms with Crippen LogP contribution in [0.2, 0.25) is 0 Å². The van der Waals surface area contributed by atoms with Gasteiger partial charge in [-0.2, -0.15) is 0 Å². The first kappa shape index (κ1) is 14.2. The van der Waals surface area contributed by atoms with Crippen molar-refractivity contribution in [3.63, 3.8) is 0 Å². The Bertz CT molecular complexity index is 391. The lowest BCUT2D eigenvalue weighted by atomic mass is 9.84. The highest BCUT2D eigenvalue weighted by atomic mass is 79.9. The zero-order valence-electron chi connectivity index (χ0n) is 10.2. The Kier molecular flexibility index (Phi) is 5.15. The average molecular weight is 300 g/mol. The molecule has 1 amide bonds. The highest BCUT2D eigenvalue weighted by Gasteiger charge is 2.21. The monoisotopic (exact) mass is 299 g/mol. The van der Waals surface area contributed by atoms with E-state index in [1.54, 1.807) is 0 Å². The molecule has 2 N–H and O–H groups in total. The van der Waals surface area contributed by atoms with Crippen molar-refractivity contribution in [2.75, 3.05) is 13.2 Å². The van der Waals surface area contributed by atoms with E-state index in [1.165, 1.54) is 0 Å². The van der Waals surface area contributed by atoms with Gasteiger partial charge in [0.1, 0.15) is 0 Å². The summed E-state index contributed by atoms with van der Waals surface area (Å²) in [5.74, 6) is -0.115. The van der Waals surface area contributed by atoms with Gasteiger partial charge in [0.15, 0.2) is 0 Å². The Balaban J connectivity index is 2.65. The maximum absolute atomic E-state index is 11.3. The van der Waals surface area contributed by atoms with E-state index in [0.29, 0.717) is 6.54 Å². The summed E-state index contributed by atoms with van der Waals surface area (Å²) in [7, 11) is 0. The molecule has 0 saturated carbocycles. The van der Waals surface area contributed by atoms with Crippen LogP contribution in [0.15, 0.2) is 28.7 Å². The fourth-order valence-corrected chi connectivity index (χ4v) is 1.92. The zero-order valence-corrected chi connectivity index (χ0v) is 11.8. The molecule has 0 fully saturated rings. The standard InChI is InChI=1S/C13H18BrNO2/c1-13(2,9-15-12(17)6-7-16)10-4-3-5-11(14)8-10/h3-5,8,16H,6-7,9H2,1-2H3,(H,15,17). The van der Waals surface area contributed by atoms with Crippen LogP contribution in [-0.2, 0) is 10.2 Å². The number of nitrogens with one attached hydrogen (secondary N) is 1. The molecule has 4 heteroatoms. The summed E-state index contributed by atoms with van der Waals surface area (Å²) >= 11 is 3.44. The van der Waals surface area contributed by atoms with E-state index in [2.05, 4.69) is 41.2 Å². The molecule has 1 aromatic rings. The van der Waals surface area contributed by atoms with E-state index in [1.807, 2.05) is 18.2 Å². The van der Waals surface area contributed by atoms with Gasteiger partial charge in [-0.3, -0.25) is 4.79 Å².